The number of rotatable bonds is 9. The van der Waals surface area contributed by atoms with Crippen molar-refractivity contribution >= 4 is 17.5 Å². The van der Waals surface area contributed by atoms with Crippen molar-refractivity contribution in [2.75, 3.05) is 53.0 Å². The first-order valence-corrected chi connectivity index (χ1v) is 13.4. The minimum absolute atomic E-state index is 0.199. The molecule has 3 aromatic rings. The van der Waals surface area contributed by atoms with E-state index in [4.69, 9.17) is 14.6 Å². The summed E-state index contributed by atoms with van der Waals surface area (Å²) in [6.45, 7) is 3.44. The van der Waals surface area contributed by atoms with E-state index in [1.165, 1.54) is 28.1 Å². The number of nitrogens with zero attached hydrogens (tertiary/aromatic N) is 5. The van der Waals surface area contributed by atoms with E-state index in [-0.39, 0.29) is 18.0 Å². The maximum atomic E-state index is 14.0. The van der Waals surface area contributed by atoms with Gasteiger partial charge in [-0.1, -0.05) is 24.3 Å². The lowest BCUT2D eigenvalue weighted by Gasteiger charge is -2.31. The second kappa shape index (κ2) is 12.4. The van der Waals surface area contributed by atoms with Gasteiger partial charge in [-0.15, -0.1) is 0 Å². The minimum Gasteiger partial charge on any atom is -0.496 e. The molecule has 1 atom stereocenters. The smallest absolute Gasteiger partial charge is 0.262 e. The van der Waals surface area contributed by atoms with E-state index in [0.29, 0.717) is 38.5 Å². The first-order chi connectivity index (χ1) is 19.4. The van der Waals surface area contributed by atoms with E-state index in [0.717, 1.165) is 30.1 Å². The summed E-state index contributed by atoms with van der Waals surface area (Å²) in [5.74, 6) is -0.570. The third-order valence-electron chi connectivity index (χ3n) is 7.38. The molecule has 40 heavy (non-hydrogen) atoms. The van der Waals surface area contributed by atoms with Gasteiger partial charge in [0.25, 0.3) is 11.8 Å². The molecule has 1 saturated heterocycles. The van der Waals surface area contributed by atoms with Crippen LogP contribution in [0.25, 0.3) is 0 Å². The molecule has 0 bridgehead atoms. The average Bonchev–Trinajstić information content (AvgIpc) is 3.61. The van der Waals surface area contributed by atoms with Crippen molar-refractivity contribution in [2.45, 2.75) is 12.5 Å². The van der Waals surface area contributed by atoms with Crippen molar-refractivity contribution in [3.8, 4) is 5.75 Å². The summed E-state index contributed by atoms with van der Waals surface area (Å²) < 4.78 is 27.0. The molecule has 0 saturated carbocycles. The number of carbonyl (C=O) groups is 2. The number of hydrogen-bond donors (Lipinski definition) is 0. The van der Waals surface area contributed by atoms with Gasteiger partial charge >= 0.3 is 0 Å². The standard InChI is InChI=1S/C30H34FN5O4/c1-33-12-6-10-26(33)25-20-27(24-9-3-4-11-28(24)39-2)36(32-25)29(37)21-35(14-13-34-15-17-40-18-16-34)30(38)22-7-5-8-23(31)19-22/h3-12,19,27H,13-18,20-21H2,1-2H3. The molecular formula is C30H34FN5O4. The zero-order valence-electron chi connectivity index (χ0n) is 22.8. The van der Waals surface area contributed by atoms with Gasteiger partial charge in [0.05, 0.1) is 37.8 Å². The van der Waals surface area contributed by atoms with Crippen LogP contribution >= 0.6 is 0 Å². The molecule has 0 aliphatic carbocycles. The zero-order valence-corrected chi connectivity index (χ0v) is 22.8. The van der Waals surface area contributed by atoms with Gasteiger partial charge in [0.2, 0.25) is 0 Å². The Morgan fingerprint density at radius 1 is 1.10 bits per heavy atom. The molecule has 2 aliphatic rings. The molecule has 9 nitrogen and oxygen atoms in total. The van der Waals surface area contributed by atoms with E-state index in [1.807, 2.05) is 54.2 Å². The predicted molar refractivity (Wildman–Crippen MR) is 149 cm³/mol. The van der Waals surface area contributed by atoms with Gasteiger partial charge in [0.15, 0.2) is 0 Å². The molecular weight excluding hydrogens is 513 g/mol. The number of morpholine rings is 1. The Morgan fingerprint density at radius 2 is 1.90 bits per heavy atom. The highest BCUT2D eigenvalue weighted by Gasteiger charge is 2.36. The summed E-state index contributed by atoms with van der Waals surface area (Å²) >= 11 is 0. The topological polar surface area (TPSA) is 79.6 Å². The maximum absolute atomic E-state index is 14.0. The van der Waals surface area contributed by atoms with Crippen LogP contribution in [0.3, 0.4) is 0 Å². The molecule has 210 valence electrons. The molecule has 0 spiro atoms. The third-order valence-corrected chi connectivity index (χ3v) is 7.38. The van der Waals surface area contributed by atoms with E-state index in [2.05, 4.69) is 4.90 Å². The quantitative estimate of drug-likeness (QED) is 0.411. The second-order valence-electron chi connectivity index (χ2n) is 9.94. The van der Waals surface area contributed by atoms with Crippen LogP contribution in [0.15, 0.2) is 72.0 Å². The minimum atomic E-state index is -0.502. The zero-order chi connectivity index (χ0) is 28.1. The van der Waals surface area contributed by atoms with Crippen LogP contribution in [-0.4, -0.2) is 89.9 Å². The van der Waals surface area contributed by atoms with Crippen LogP contribution in [0.4, 0.5) is 4.39 Å². The van der Waals surface area contributed by atoms with Crippen LogP contribution in [-0.2, 0) is 16.6 Å². The van der Waals surface area contributed by atoms with Gasteiger partial charge in [-0.25, -0.2) is 9.40 Å². The number of para-hydroxylation sites is 1. The molecule has 1 aromatic heterocycles. The number of hydrogen-bond acceptors (Lipinski definition) is 6. The Morgan fingerprint density at radius 3 is 2.62 bits per heavy atom. The molecule has 10 heteroatoms. The predicted octanol–water partition coefficient (Wildman–Crippen LogP) is 3.33. The number of amides is 2. The fourth-order valence-corrected chi connectivity index (χ4v) is 5.22. The highest BCUT2D eigenvalue weighted by Crippen LogP contribution is 2.37. The van der Waals surface area contributed by atoms with E-state index < -0.39 is 17.8 Å². The molecule has 1 unspecified atom stereocenters. The van der Waals surface area contributed by atoms with Crippen LogP contribution < -0.4 is 4.74 Å². The Labute approximate surface area is 233 Å². The van der Waals surface area contributed by atoms with Crippen molar-refractivity contribution in [2.24, 2.45) is 12.1 Å². The number of hydrazone groups is 1. The summed E-state index contributed by atoms with van der Waals surface area (Å²) in [6.07, 6.45) is 2.43. The van der Waals surface area contributed by atoms with Crippen LogP contribution in [0, 0.1) is 5.82 Å². The monoisotopic (exact) mass is 547 g/mol. The lowest BCUT2D eigenvalue weighted by atomic mass is 9.99. The SMILES string of the molecule is COc1ccccc1C1CC(c2cccn2C)=NN1C(=O)CN(CCN1CCOCC1)C(=O)c1cccc(F)c1. The number of benzene rings is 2. The Balaban J connectivity index is 1.43. The summed E-state index contributed by atoms with van der Waals surface area (Å²) in [6, 6.07) is 16.6. The van der Waals surface area contributed by atoms with Gasteiger partial charge in [-0.3, -0.25) is 14.5 Å². The van der Waals surface area contributed by atoms with Crippen molar-refractivity contribution in [1.82, 2.24) is 19.4 Å². The number of aromatic nitrogens is 1. The maximum Gasteiger partial charge on any atom is 0.262 e. The summed E-state index contributed by atoms with van der Waals surface area (Å²) in [5.41, 5.74) is 2.72. The average molecular weight is 548 g/mol. The van der Waals surface area contributed by atoms with E-state index >= 15 is 0 Å². The van der Waals surface area contributed by atoms with Crippen LogP contribution in [0.5, 0.6) is 5.75 Å². The first kappa shape index (κ1) is 27.5. The van der Waals surface area contributed by atoms with E-state index in [1.54, 1.807) is 13.2 Å². The van der Waals surface area contributed by atoms with Crippen molar-refractivity contribution in [3.63, 3.8) is 0 Å². The lowest BCUT2D eigenvalue weighted by Crippen LogP contribution is -2.46. The molecule has 3 heterocycles. The highest BCUT2D eigenvalue weighted by atomic mass is 19.1. The molecule has 1 fully saturated rings. The molecule has 0 radical (unpaired) electrons. The second-order valence-corrected chi connectivity index (χ2v) is 9.94. The van der Waals surface area contributed by atoms with Gasteiger partial charge in [-0.05, 0) is 36.4 Å². The number of aryl methyl sites for hydroxylation is 1. The Bertz CT molecular complexity index is 1380. The number of halogens is 1. The molecule has 2 aliphatic heterocycles. The van der Waals surface area contributed by atoms with Gasteiger partial charge < -0.3 is 18.9 Å². The van der Waals surface area contributed by atoms with Crippen LogP contribution in [0.1, 0.15) is 34.1 Å². The lowest BCUT2D eigenvalue weighted by molar-refractivity contribution is -0.133. The summed E-state index contributed by atoms with van der Waals surface area (Å²) in [5, 5.41) is 6.25. The van der Waals surface area contributed by atoms with Gasteiger partial charge in [-0.2, -0.15) is 5.10 Å². The van der Waals surface area contributed by atoms with Crippen LogP contribution in [0.2, 0.25) is 0 Å². The van der Waals surface area contributed by atoms with Gasteiger partial charge in [0, 0.05) is 57.0 Å². The largest absolute Gasteiger partial charge is 0.496 e. The fraction of sp³-hybridized carbons (Fsp3) is 0.367. The number of ether oxygens (including phenoxy) is 2. The first-order valence-electron chi connectivity index (χ1n) is 13.4. The van der Waals surface area contributed by atoms with Crippen molar-refractivity contribution < 1.29 is 23.5 Å². The summed E-state index contributed by atoms with van der Waals surface area (Å²) in [4.78, 5) is 31.2. The number of carbonyl (C=O) groups excluding carboxylic acids is 2. The molecule has 0 N–H and O–H groups in total. The normalized spacial score (nSPS) is 17.5. The Kier molecular flexibility index (Phi) is 8.57. The molecule has 2 amide bonds. The fourth-order valence-electron chi connectivity index (χ4n) is 5.22. The third kappa shape index (κ3) is 6.08. The van der Waals surface area contributed by atoms with Crippen molar-refractivity contribution in [1.29, 1.82) is 0 Å². The van der Waals surface area contributed by atoms with E-state index in [9.17, 15) is 14.0 Å². The highest BCUT2D eigenvalue weighted by molar-refractivity contribution is 6.03. The molecule has 2 aromatic carbocycles. The van der Waals surface area contributed by atoms with Gasteiger partial charge in [0.1, 0.15) is 18.1 Å². The molecule has 5 rings (SSSR count). The Hall–Kier alpha value is -4.02. The summed E-state index contributed by atoms with van der Waals surface area (Å²) in [7, 11) is 3.54. The number of methoxy groups -OCH3 is 1. The van der Waals surface area contributed by atoms with Crippen molar-refractivity contribution in [3.05, 3.63) is 89.5 Å².